The summed E-state index contributed by atoms with van der Waals surface area (Å²) >= 11 is 0. The minimum atomic E-state index is -0.469. The van der Waals surface area contributed by atoms with Crippen LogP contribution in [0.1, 0.15) is 34.1 Å². The number of carbonyl (C=O) groups excluding carboxylic acids is 2. The van der Waals surface area contributed by atoms with Crippen LogP contribution in [-0.2, 0) is 9.53 Å². The van der Waals surface area contributed by atoms with Crippen molar-refractivity contribution in [3.63, 3.8) is 0 Å². The van der Waals surface area contributed by atoms with Gasteiger partial charge in [0.1, 0.15) is 11.4 Å². The van der Waals surface area contributed by atoms with Gasteiger partial charge in [0.25, 0.3) is 0 Å². The van der Waals surface area contributed by atoms with Crippen LogP contribution in [0.3, 0.4) is 0 Å². The lowest BCUT2D eigenvalue weighted by atomic mass is 9.63. The quantitative estimate of drug-likeness (QED) is 0.632. The van der Waals surface area contributed by atoms with E-state index in [4.69, 9.17) is 4.74 Å². The van der Waals surface area contributed by atoms with Crippen LogP contribution in [0.25, 0.3) is 0 Å². The maximum absolute atomic E-state index is 11.8. The van der Waals surface area contributed by atoms with Crippen molar-refractivity contribution in [2.75, 3.05) is 13.1 Å². The number of rotatable bonds is 0. The van der Waals surface area contributed by atoms with Crippen molar-refractivity contribution < 1.29 is 14.3 Å². The van der Waals surface area contributed by atoms with Crippen LogP contribution in [0.5, 0.6) is 0 Å². The zero-order valence-corrected chi connectivity index (χ0v) is 10.4. The van der Waals surface area contributed by atoms with Gasteiger partial charge >= 0.3 is 6.09 Å². The number of ether oxygens (including phenoxy) is 1. The molecule has 2 aliphatic rings. The van der Waals surface area contributed by atoms with Gasteiger partial charge in [0.15, 0.2) is 0 Å². The fourth-order valence-corrected chi connectivity index (χ4v) is 2.58. The van der Waals surface area contributed by atoms with E-state index in [9.17, 15) is 9.59 Å². The summed E-state index contributed by atoms with van der Waals surface area (Å²) in [5.74, 6) is 0.327. The molecule has 0 spiro atoms. The van der Waals surface area contributed by atoms with Crippen LogP contribution in [0.2, 0.25) is 0 Å². The van der Waals surface area contributed by atoms with E-state index in [1.165, 1.54) is 0 Å². The summed E-state index contributed by atoms with van der Waals surface area (Å²) in [6.07, 6.45) is 0.313. The van der Waals surface area contributed by atoms with E-state index >= 15 is 0 Å². The molecule has 2 fully saturated rings. The Hall–Kier alpha value is -1.06. The molecule has 1 unspecified atom stereocenters. The van der Waals surface area contributed by atoms with E-state index in [1.54, 1.807) is 4.90 Å². The first kappa shape index (κ1) is 11.4. The van der Waals surface area contributed by atoms with E-state index < -0.39 is 5.60 Å². The molecule has 16 heavy (non-hydrogen) atoms. The molecule has 1 saturated heterocycles. The Balaban J connectivity index is 1.99. The van der Waals surface area contributed by atoms with Gasteiger partial charge in [0.2, 0.25) is 0 Å². The summed E-state index contributed by atoms with van der Waals surface area (Å²) in [6, 6.07) is 0. The highest BCUT2D eigenvalue weighted by molar-refractivity contribution is 5.90. The molecule has 0 aromatic carbocycles. The first-order valence-corrected chi connectivity index (χ1v) is 5.72. The number of ketones is 1. The standard InChI is InChI=1S/C12H19NO3/c1-11(2,3)16-10(15)13-6-8-9(14)5-12(8,4)7-13/h8H,5-7H2,1-4H3/t8?,12-/m0/s1. The summed E-state index contributed by atoms with van der Waals surface area (Å²) in [5.41, 5.74) is -0.461. The predicted octanol–water partition coefficient (Wildman–Crippen LogP) is 1.83. The van der Waals surface area contributed by atoms with Gasteiger partial charge < -0.3 is 9.64 Å². The van der Waals surface area contributed by atoms with Crippen molar-refractivity contribution in [2.45, 2.75) is 39.7 Å². The lowest BCUT2D eigenvalue weighted by Crippen LogP contribution is -2.45. The van der Waals surface area contributed by atoms with E-state index in [1.807, 2.05) is 20.8 Å². The zero-order chi connectivity index (χ0) is 12.1. The van der Waals surface area contributed by atoms with Gasteiger partial charge in [-0.05, 0) is 20.8 Å². The lowest BCUT2D eigenvalue weighted by Gasteiger charge is -2.38. The Bertz CT molecular complexity index is 345. The van der Waals surface area contributed by atoms with Gasteiger partial charge in [-0.3, -0.25) is 4.79 Å². The maximum Gasteiger partial charge on any atom is 0.410 e. The van der Waals surface area contributed by atoms with Gasteiger partial charge in [-0.15, -0.1) is 0 Å². The molecule has 1 aliphatic heterocycles. The number of Topliss-reactive ketones (excluding diaryl/α,β-unsaturated/α-hetero) is 1. The summed E-state index contributed by atoms with van der Waals surface area (Å²) in [4.78, 5) is 24.9. The highest BCUT2D eigenvalue weighted by Crippen LogP contribution is 2.49. The molecule has 1 heterocycles. The molecule has 0 N–H and O–H groups in total. The van der Waals surface area contributed by atoms with Gasteiger partial charge in [-0.25, -0.2) is 4.79 Å². The number of fused-ring (bicyclic) bond motifs is 1. The highest BCUT2D eigenvalue weighted by atomic mass is 16.6. The number of likely N-dealkylation sites (tertiary alicyclic amines) is 1. The SMILES string of the molecule is CC(C)(C)OC(=O)N1CC2C(=O)C[C@@]2(C)C1. The molecule has 0 aromatic heterocycles. The molecule has 0 radical (unpaired) electrons. The topological polar surface area (TPSA) is 46.6 Å². The highest BCUT2D eigenvalue weighted by Gasteiger charge is 2.57. The molecule has 4 nitrogen and oxygen atoms in total. The molecule has 2 atom stereocenters. The zero-order valence-electron chi connectivity index (χ0n) is 10.4. The first-order valence-electron chi connectivity index (χ1n) is 5.72. The molecule has 4 heteroatoms. The Morgan fingerprint density at radius 2 is 2.12 bits per heavy atom. The minimum Gasteiger partial charge on any atom is -0.444 e. The monoisotopic (exact) mass is 225 g/mol. The summed E-state index contributed by atoms with van der Waals surface area (Å²) in [6.45, 7) is 8.80. The van der Waals surface area contributed by atoms with Crippen LogP contribution in [0.4, 0.5) is 4.79 Å². The smallest absolute Gasteiger partial charge is 0.410 e. The van der Waals surface area contributed by atoms with E-state index in [0.29, 0.717) is 19.5 Å². The van der Waals surface area contributed by atoms with Crippen LogP contribution in [-0.4, -0.2) is 35.5 Å². The average Bonchev–Trinajstić information content (AvgIpc) is 2.34. The molecule has 0 aromatic rings. The third kappa shape index (κ3) is 1.81. The lowest BCUT2D eigenvalue weighted by molar-refractivity contribution is -0.137. The van der Waals surface area contributed by atoms with Crippen LogP contribution in [0.15, 0.2) is 0 Å². The van der Waals surface area contributed by atoms with Crippen molar-refractivity contribution >= 4 is 11.9 Å². The number of hydrogen-bond donors (Lipinski definition) is 0. The Morgan fingerprint density at radius 1 is 1.50 bits per heavy atom. The molecule has 1 saturated carbocycles. The largest absolute Gasteiger partial charge is 0.444 e. The minimum absolute atomic E-state index is 0.00792. The summed E-state index contributed by atoms with van der Waals surface area (Å²) < 4.78 is 5.30. The van der Waals surface area contributed by atoms with Gasteiger partial charge in [0.05, 0.1) is 0 Å². The Morgan fingerprint density at radius 3 is 2.56 bits per heavy atom. The fourth-order valence-electron chi connectivity index (χ4n) is 2.58. The van der Waals surface area contributed by atoms with E-state index in [-0.39, 0.29) is 23.2 Å². The van der Waals surface area contributed by atoms with Crippen LogP contribution >= 0.6 is 0 Å². The number of amides is 1. The van der Waals surface area contributed by atoms with Crippen LogP contribution in [0, 0.1) is 11.3 Å². The molecular weight excluding hydrogens is 206 g/mol. The number of nitrogens with zero attached hydrogens (tertiary/aromatic N) is 1. The summed E-state index contributed by atoms with van der Waals surface area (Å²) in [5, 5.41) is 0. The van der Waals surface area contributed by atoms with Crippen molar-refractivity contribution in [3.05, 3.63) is 0 Å². The molecule has 1 amide bonds. The third-order valence-electron chi connectivity index (χ3n) is 3.41. The average molecular weight is 225 g/mol. The predicted molar refractivity (Wildman–Crippen MR) is 59.0 cm³/mol. The fraction of sp³-hybridized carbons (Fsp3) is 0.833. The normalized spacial score (nSPS) is 33.4. The van der Waals surface area contributed by atoms with Gasteiger partial charge in [-0.1, -0.05) is 6.92 Å². The third-order valence-corrected chi connectivity index (χ3v) is 3.41. The second kappa shape index (κ2) is 3.22. The van der Waals surface area contributed by atoms with Crippen molar-refractivity contribution in [3.8, 4) is 0 Å². The first-order chi connectivity index (χ1) is 7.21. The molecule has 90 valence electrons. The van der Waals surface area contributed by atoms with Gasteiger partial charge in [0, 0.05) is 30.8 Å². The summed E-state index contributed by atoms with van der Waals surface area (Å²) in [7, 11) is 0. The maximum atomic E-state index is 11.8. The second-order valence-corrected chi connectivity index (χ2v) is 6.21. The second-order valence-electron chi connectivity index (χ2n) is 6.21. The molecule has 2 rings (SSSR count). The van der Waals surface area contributed by atoms with Gasteiger partial charge in [-0.2, -0.15) is 0 Å². The van der Waals surface area contributed by atoms with Crippen molar-refractivity contribution in [1.29, 1.82) is 0 Å². The van der Waals surface area contributed by atoms with Crippen molar-refractivity contribution in [1.82, 2.24) is 4.90 Å². The Labute approximate surface area is 95.9 Å². The molecule has 0 bridgehead atoms. The molecular formula is C12H19NO3. The van der Waals surface area contributed by atoms with Crippen molar-refractivity contribution in [2.24, 2.45) is 11.3 Å². The van der Waals surface area contributed by atoms with E-state index in [0.717, 1.165) is 0 Å². The van der Waals surface area contributed by atoms with E-state index in [2.05, 4.69) is 6.92 Å². The number of hydrogen-bond acceptors (Lipinski definition) is 3. The number of carbonyl (C=O) groups is 2. The Kier molecular flexibility index (Phi) is 2.30. The molecule has 1 aliphatic carbocycles. The van der Waals surface area contributed by atoms with Crippen LogP contribution < -0.4 is 0 Å².